The first-order valence-electron chi connectivity index (χ1n) is 6.97. The van der Waals surface area contributed by atoms with Crippen LogP contribution in [0.3, 0.4) is 0 Å². The Labute approximate surface area is 127 Å². The van der Waals surface area contributed by atoms with Gasteiger partial charge in [0.1, 0.15) is 0 Å². The molecule has 0 radical (unpaired) electrons. The Morgan fingerprint density at radius 3 is 3.00 bits per heavy atom. The summed E-state index contributed by atoms with van der Waals surface area (Å²) in [5.74, 6) is 6.87. The number of hydrogen-bond acceptors (Lipinski definition) is 5. The van der Waals surface area contributed by atoms with E-state index in [2.05, 4.69) is 33.4 Å². The van der Waals surface area contributed by atoms with E-state index in [4.69, 9.17) is 5.11 Å². The number of benzene rings is 1. The van der Waals surface area contributed by atoms with Crippen LogP contribution in [0.2, 0.25) is 0 Å². The second kappa shape index (κ2) is 6.74. The van der Waals surface area contributed by atoms with Gasteiger partial charge in [-0.15, -0.1) is 5.10 Å². The smallest absolute Gasteiger partial charge is 0.209 e. The minimum atomic E-state index is 0.0973. The number of thioether (sulfide) groups is 1. The second-order valence-electron chi connectivity index (χ2n) is 4.86. The van der Waals surface area contributed by atoms with Gasteiger partial charge in [0.25, 0.3) is 0 Å². The number of rotatable bonds is 5. The summed E-state index contributed by atoms with van der Waals surface area (Å²) in [7, 11) is 0. The minimum absolute atomic E-state index is 0.0973. The van der Waals surface area contributed by atoms with Crippen molar-refractivity contribution in [2.24, 2.45) is 0 Å². The van der Waals surface area contributed by atoms with Gasteiger partial charge in [-0.2, -0.15) is 0 Å². The molecule has 6 heteroatoms. The summed E-state index contributed by atoms with van der Waals surface area (Å²) in [5, 5.41) is 21.6. The maximum absolute atomic E-state index is 8.80. The van der Waals surface area contributed by atoms with Crippen molar-refractivity contribution in [1.29, 1.82) is 0 Å². The fourth-order valence-electron chi connectivity index (χ4n) is 1.95. The molecule has 1 aliphatic rings. The van der Waals surface area contributed by atoms with Gasteiger partial charge in [-0.3, -0.25) is 0 Å². The van der Waals surface area contributed by atoms with Crippen LogP contribution >= 0.6 is 11.8 Å². The van der Waals surface area contributed by atoms with E-state index in [1.54, 1.807) is 11.8 Å². The van der Waals surface area contributed by atoms with Crippen molar-refractivity contribution in [2.45, 2.75) is 36.2 Å². The molecule has 0 aliphatic heterocycles. The van der Waals surface area contributed by atoms with Crippen molar-refractivity contribution in [3.63, 3.8) is 0 Å². The lowest BCUT2D eigenvalue weighted by atomic mass is 10.1. The topological polar surface area (TPSA) is 63.8 Å². The molecule has 2 aromatic rings. The van der Waals surface area contributed by atoms with Crippen LogP contribution in [0.25, 0.3) is 0 Å². The van der Waals surface area contributed by atoms with E-state index in [0.29, 0.717) is 12.5 Å². The predicted molar refractivity (Wildman–Crippen MR) is 80.7 cm³/mol. The minimum Gasteiger partial charge on any atom is -0.395 e. The third-order valence-corrected chi connectivity index (χ3v) is 4.17. The molecule has 3 rings (SSSR count). The van der Waals surface area contributed by atoms with Crippen LogP contribution in [-0.4, -0.2) is 31.9 Å². The quantitative estimate of drug-likeness (QED) is 0.676. The van der Waals surface area contributed by atoms with E-state index >= 15 is 0 Å². The molecule has 1 saturated carbocycles. The Morgan fingerprint density at radius 1 is 1.33 bits per heavy atom. The fourth-order valence-corrected chi connectivity index (χ4v) is 2.90. The summed E-state index contributed by atoms with van der Waals surface area (Å²) in [4.78, 5) is 0. The summed E-state index contributed by atoms with van der Waals surface area (Å²) in [5.41, 5.74) is 2.17. The molecule has 1 fully saturated rings. The third kappa shape index (κ3) is 3.63. The molecule has 0 bridgehead atoms. The zero-order valence-corrected chi connectivity index (χ0v) is 12.4. The summed E-state index contributed by atoms with van der Waals surface area (Å²) in [6, 6.07) is 8.55. The van der Waals surface area contributed by atoms with Gasteiger partial charge in [0.2, 0.25) is 5.16 Å². The highest BCUT2D eigenvalue weighted by Gasteiger charge is 2.27. The molecule has 0 spiro atoms. The molecular weight excluding hydrogens is 284 g/mol. The molecule has 0 saturated heterocycles. The van der Waals surface area contributed by atoms with Crippen LogP contribution in [0, 0.1) is 11.8 Å². The maximum atomic E-state index is 8.80. The van der Waals surface area contributed by atoms with Gasteiger partial charge in [0.15, 0.2) is 0 Å². The molecule has 108 valence electrons. The Kier molecular flexibility index (Phi) is 4.53. The highest BCUT2D eigenvalue weighted by molar-refractivity contribution is 7.98. The average molecular weight is 300 g/mol. The van der Waals surface area contributed by atoms with Gasteiger partial charge < -0.3 is 5.11 Å². The lowest BCUT2D eigenvalue weighted by Gasteiger charge is -2.04. The summed E-state index contributed by atoms with van der Waals surface area (Å²) < 4.78 is 1.92. The van der Waals surface area contributed by atoms with E-state index in [1.807, 2.05) is 22.9 Å². The van der Waals surface area contributed by atoms with Gasteiger partial charge >= 0.3 is 0 Å². The number of tetrazole rings is 1. The van der Waals surface area contributed by atoms with E-state index in [9.17, 15) is 0 Å². The summed E-state index contributed by atoms with van der Waals surface area (Å²) in [6.45, 7) is 0.0973. The largest absolute Gasteiger partial charge is 0.395 e. The molecule has 0 amide bonds. The van der Waals surface area contributed by atoms with Crippen LogP contribution < -0.4 is 0 Å². The monoisotopic (exact) mass is 300 g/mol. The van der Waals surface area contributed by atoms with Crippen LogP contribution in [0.4, 0.5) is 0 Å². The maximum Gasteiger partial charge on any atom is 0.209 e. The van der Waals surface area contributed by atoms with E-state index < -0.39 is 0 Å². The van der Waals surface area contributed by atoms with E-state index in [-0.39, 0.29) is 6.61 Å². The highest BCUT2D eigenvalue weighted by Crippen LogP contribution is 2.36. The lowest BCUT2D eigenvalue weighted by Crippen LogP contribution is -1.99. The summed E-state index contributed by atoms with van der Waals surface area (Å²) in [6.07, 6.45) is 2.84. The molecule has 1 aliphatic carbocycles. The number of nitrogens with zero attached hydrogens (tertiary/aromatic N) is 4. The van der Waals surface area contributed by atoms with Gasteiger partial charge in [-0.1, -0.05) is 41.8 Å². The SMILES string of the molecule is OCCC#Cc1ccccc1CSc1nnnn1C1CC1. The zero-order chi connectivity index (χ0) is 14.5. The number of aromatic nitrogens is 4. The normalized spacial score (nSPS) is 13.8. The number of aliphatic hydroxyl groups is 1. The third-order valence-electron chi connectivity index (χ3n) is 3.19. The number of aliphatic hydroxyl groups excluding tert-OH is 1. The Bertz CT molecular complexity index is 670. The van der Waals surface area contributed by atoms with Crippen molar-refractivity contribution < 1.29 is 5.11 Å². The van der Waals surface area contributed by atoms with Gasteiger partial charge in [-0.05, 0) is 34.9 Å². The van der Waals surface area contributed by atoms with Crippen LogP contribution in [0.15, 0.2) is 29.4 Å². The molecule has 1 aromatic carbocycles. The molecule has 5 nitrogen and oxygen atoms in total. The summed E-state index contributed by atoms with van der Waals surface area (Å²) >= 11 is 1.64. The standard InChI is InChI=1S/C15H16N4OS/c20-10-4-3-6-12-5-1-2-7-13(12)11-21-15-16-17-18-19(15)14-8-9-14/h1-2,5,7,14,20H,4,8-11H2. The first kappa shape index (κ1) is 14.1. The van der Waals surface area contributed by atoms with Crippen molar-refractivity contribution in [1.82, 2.24) is 20.2 Å². The van der Waals surface area contributed by atoms with Gasteiger partial charge in [0, 0.05) is 17.7 Å². The molecule has 1 heterocycles. The zero-order valence-electron chi connectivity index (χ0n) is 11.6. The van der Waals surface area contributed by atoms with Crippen LogP contribution in [-0.2, 0) is 5.75 Å². The second-order valence-corrected chi connectivity index (χ2v) is 5.80. The molecule has 21 heavy (non-hydrogen) atoms. The van der Waals surface area contributed by atoms with Gasteiger partial charge in [0.05, 0.1) is 12.6 Å². The Hall–Kier alpha value is -1.84. The first-order valence-corrected chi connectivity index (χ1v) is 7.95. The Morgan fingerprint density at radius 2 is 2.19 bits per heavy atom. The molecule has 0 atom stereocenters. The van der Waals surface area contributed by atoms with Crippen LogP contribution in [0.1, 0.15) is 36.4 Å². The lowest BCUT2D eigenvalue weighted by molar-refractivity contribution is 0.305. The van der Waals surface area contributed by atoms with Crippen LogP contribution in [0.5, 0.6) is 0 Å². The first-order chi connectivity index (χ1) is 10.4. The molecule has 1 N–H and O–H groups in total. The van der Waals surface area contributed by atoms with E-state index in [0.717, 1.165) is 16.5 Å². The molecule has 1 aromatic heterocycles. The van der Waals surface area contributed by atoms with Crippen molar-refractivity contribution in [3.8, 4) is 11.8 Å². The predicted octanol–water partition coefficient (Wildman–Crippen LogP) is 2.03. The average Bonchev–Trinajstić information content (AvgIpc) is 3.25. The Balaban J connectivity index is 1.70. The van der Waals surface area contributed by atoms with Crippen molar-refractivity contribution in [3.05, 3.63) is 35.4 Å². The van der Waals surface area contributed by atoms with E-state index in [1.165, 1.54) is 18.4 Å². The fraction of sp³-hybridized carbons (Fsp3) is 0.400. The number of hydrogen-bond donors (Lipinski definition) is 1. The molecule has 0 unspecified atom stereocenters. The van der Waals surface area contributed by atoms with Gasteiger partial charge in [-0.25, -0.2) is 4.68 Å². The highest BCUT2D eigenvalue weighted by atomic mass is 32.2. The van der Waals surface area contributed by atoms with Crippen molar-refractivity contribution in [2.75, 3.05) is 6.61 Å². The molecular formula is C15H16N4OS. The van der Waals surface area contributed by atoms with Crippen molar-refractivity contribution >= 4 is 11.8 Å².